The third-order valence-corrected chi connectivity index (χ3v) is 4.03. The smallest absolute Gasteiger partial charge is 0.186 e. The van der Waals surface area contributed by atoms with E-state index in [0.29, 0.717) is 23.2 Å². The van der Waals surface area contributed by atoms with Crippen molar-refractivity contribution < 1.29 is 9.47 Å². The fourth-order valence-corrected chi connectivity index (χ4v) is 2.56. The van der Waals surface area contributed by atoms with Crippen molar-refractivity contribution in [2.45, 2.75) is 27.4 Å². The summed E-state index contributed by atoms with van der Waals surface area (Å²) in [6.45, 7) is 7.38. The Kier molecular flexibility index (Phi) is 7.41. The summed E-state index contributed by atoms with van der Waals surface area (Å²) in [6.07, 6.45) is 1.68. The number of hydrogen-bond acceptors (Lipinski definition) is 4. The molecule has 2 rings (SSSR count). The van der Waals surface area contributed by atoms with Gasteiger partial charge in [0.05, 0.1) is 13.3 Å². The average molecular weight is 372 g/mol. The highest BCUT2D eigenvalue weighted by Gasteiger charge is 2.07. The molecule has 0 saturated carbocycles. The summed E-state index contributed by atoms with van der Waals surface area (Å²) >= 11 is 5.06. The Labute approximate surface area is 160 Å². The molecule has 0 bridgehead atoms. The number of aryl methyl sites for hydroxylation is 2. The molecule has 6 heteroatoms. The molecule has 2 aromatic rings. The van der Waals surface area contributed by atoms with Gasteiger partial charge >= 0.3 is 0 Å². The third kappa shape index (κ3) is 5.74. The summed E-state index contributed by atoms with van der Waals surface area (Å²) in [5.41, 5.74) is 7.24. The van der Waals surface area contributed by atoms with Gasteiger partial charge in [0.1, 0.15) is 6.61 Å². The van der Waals surface area contributed by atoms with Crippen LogP contribution < -0.4 is 20.2 Å². The van der Waals surface area contributed by atoms with Gasteiger partial charge in [-0.25, -0.2) is 0 Å². The molecule has 26 heavy (non-hydrogen) atoms. The zero-order valence-electron chi connectivity index (χ0n) is 15.6. The molecular formula is C20H25N3O2S. The second-order valence-electron chi connectivity index (χ2n) is 5.86. The van der Waals surface area contributed by atoms with Crippen molar-refractivity contribution in [1.82, 2.24) is 10.7 Å². The molecule has 5 nitrogen and oxygen atoms in total. The fourth-order valence-electron chi connectivity index (χ4n) is 2.36. The maximum absolute atomic E-state index is 5.96. The topological polar surface area (TPSA) is 54.9 Å². The van der Waals surface area contributed by atoms with Gasteiger partial charge in [-0.15, -0.1) is 0 Å². The van der Waals surface area contributed by atoms with Gasteiger partial charge in [-0.05, 0) is 67.9 Å². The Morgan fingerprint density at radius 2 is 1.96 bits per heavy atom. The second kappa shape index (κ2) is 9.77. The van der Waals surface area contributed by atoms with Gasteiger partial charge in [0.15, 0.2) is 16.6 Å². The van der Waals surface area contributed by atoms with Gasteiger partial charge < -0.3 is 14.8 Å². The minimum absolute atomic E-state index is 0.490. The molecule has 2 N–H and O–H groups in total. The third-order valence-electron chi connectivity index (χ3n) is 3.79. The van der Waals surface area contributed by atoms with Crippen LogP contribution in [0.15, 0.2) is 41.5 Å². The van der Waals surface area contributed by atoms with Gasteiger partial charge in [-0.2, -0.15) is 5.10 Å². The van der Waals surface area contributed by atoms with Crippen LogP contribution in [-0.4, -0.2) is 25.0 Å². The summed E-state index contributed by atoms with van der Waals surface area (Å²) in [7, 11) is 1.62. The first-order valence-corrected chi connectivity index (χ1v) is 8.88. The molecule has 2 aromatic carbocycles. The van der Waals surface area contributed by atoms with E-state index in [1.165, 1.54) is 16.7 Å². The molecule has 0 spiro atoms. The summed E-state index contributed by atoms with van der Waals surface area (Å²) in [4.78, 5) is 0. The Morgan fingerprint density at radius 1 is 1.15 bits per heavy atom. The second-order valence-corrected chi connectivity index (χ2v) is 6.27. The number of ether oxygens (including phenoxy) is 2. The maximum Gasteiger partial charge on any atom is 0.186 e. The molecule has 0 aliphatic rings. The lowest BCUT2D eigenvalue weighted by Crippen LogP contribution is -2.31. The Balaban J connectivity index is 2.05. The van der Waals surface area contributed by atoms with Gasteiger partial charge in [0, 0.05) is 6.54 Å². The van der Waals surface area contributed by atoms with Crippen LogP contribution in [0.25, 0.3) is 0 Å². The molecule has 0 amide bonds. The van der Waals surface area contributed by atoms with E-state index in [1.807, 2.05) is 25.1 Å². The SMILES string of the molecule is CCNC(=S)N/N=C/c1ccc(OCc2cc(C)ccc2C)c(OC)c1. The first-order valence-electron chi connectivity index (χ1n) is 8.47. The van der Waals surface area contributed by atoms with Crippen molar-refractivity contribution in [3.8, 4) is 11.5 Å². The number of benzene rings is 2. The highest BCUT2D eigenvalue weighted by atomic mass is 32.1. The van der Waals surface area contributed by atoms with Crippen LogP contribution >= 0.6 is 12.2 Å². The average Bonchev–Trinajstić information content (AvgIpc) is 2.63. The Hall–Kier alpha value is -2.60. The normalized spacial score (nSPS) is 10.6. The van der Waals surface area contributed by atoms with E-state index >= 15 is 0 Å². The van der Waals surface area contributed by atoms with Crippen molar-refractivity contribution >= 4 is 23.5 Å². The van der Waals surface area contributed by atoms with Crippen LogP contribution in [0.1, 0.15) is 29.2 Å². The predicted molar refractivity (Wildman–Crippen MR) is 110 cm³/mol. The van der Waals surface area contributed by atoms with Crippen molar-refractivity contribution in [2.24, 2.45) is 5.10 Å². The van der Waals surface area contributed by atoms with Crippen LogP contribution in [0.3, 0.4) is 0 Å². The van der Waals surface area contributed by atoms with Crippen molar-refractivity contribution in [3.05, 3.63) is 58.7 Å². The molecule has 0 unspecified atom stereocenters. The molecule has 0 aliphatic heterocycles. The van der Waals surface area contributed by atoms with Crippen molar-refractivity contribution in [2.75, 3.05) is 13.7 Å². The lowest BCUT2D eigenvalue weighted by atomic mass is 10.1. The summed E-state index contributed by atoms with van der Waals surface area (Å²) in [6, 6.07) is 12.0. The largest absolute Gasteiger partial charge is 0.493 e. The quantitative estimate of drug-likeness (QED) is 0.441. The Bertz CT molecular complexity index is 791. The van der Waals surface area contributed by atoms with Gasteiger partial charge in [-0.3, -0.25) is 5.43 Å². The molecule has 138 valence electrons. The van der Waals surface area contributed by atoms with Crippen LogP contribution in [-0.2, 0) is 6.61 Å². The molecule has 0 fully saturated rings. The molecule has 0 radical (unpaired) electrons. The highest BCUT2D eigenvalue weighted by molar-refractivity contribution is 7.80. The van der Waals surface area contributed by atoms with Crippen LogP contribution in [0, 0.1) is 13.8 Å². The monoisotopic (exact) mass is 371 g/mol. The van der Waals surface area contributed by atoms with E-state index in [2.05, 4.69) is 47.9 Å². The summed E-state index contributed by atoms with van der Waals surface area (Å²) < 4.78 is 11.4. The molecule has 0 aromatic heterocycles. The van der Waals surface area contributed by atoms with Crippen LogP contribution in [0.2, 0.25) is 0 Å². The van der Waals surface area contributed by atoms with E-state index in [9.17, 15) is 0 Å². The molecule has 0 atom stereocenters. The number of hydrazone groups is 1. The first kappa shape index (κ1) is 19.7. The summed E-state index contributed by atoms with van der Waals surface area (Å²) in [5, 5.41) is 7.56. The van der Waals surface area contributed by atoms with Crippen molar-refractivity contribution in [1.29, 1.82) is 0 Å². The van der Waals surface area contributed by atoms with Gasteiger partial charge in [0.25, 0.3) is 0 Å². The van der Waals surface area contributed by atoms with E-state index in [0.717, 1.165) is 12.1 Å². The zero-order chi connectivity index (χ0) is 18.9. The number of thiocarbonyl (C=S) groups is 1. The van der Waals surface area contributed by atoms with E-state index in [1.54, 1.807) is 13.3 Å². The van der Waals surface area contributed by atoms with E-state index in [-0.39, 0.29) is 0 Å². The number of rotatable bonds is 7. The predicted octanol–water partition coefficient (Wildman–Crippen LogP) is 3.71. The molecule has 0 aliphatic carbocycles. The van der Waals surface area contributed by atoms with Crippen molar-refractivity contribution in [3.63, 3.8) is 0 Å². The minimum atomic E-state index is 0.490. The van der Waals surface area contributed by atoms with Crippen LogP contribution in [0.5, 0.6) is 11.5 Å². The maximum atomic E-state index is 5.96. The van der Waals surface area contributed by atoms with Gasteiger partial charge in [-0.1, -0.05) is 23.8 Å². The lowest BCUT2D eigenvalue weighted by molar-refractivity contribution is 0.284. The molecule has 0 saturated heterocycles. The molecular weight excluding hydrogens is 346 g/mol. The standard InChI is InChI=1S/C20H25N3O2S/c1-5-21-20(26)23-22-12-16-8-9-18(19(11-16)24-4)25-13-17-10-14(2)6-7-15(17)3/h6-12H,5,13H2,1-4H3,(H2,21,23,26)/b22-12+. The number of nitrogens with zero attached hydrogens (tertiary/aromatic N) is 1. The number of nitrogens with one attached hydrogen (secondary N) is 2. The Morgan fingerprint density at radius 3 is 2.69 bits per heavy atom. The van der Waals surface area contributed by atoms with E-state index in [4.69, 9.17) is 21.7 Å². The highest BCUT2D eigenvalue weighted by Crippen LogP contribution is 2.28. The first-order chi connectivity index (χ1) is 12.5. The van der Waals surface area contributed by atoms with Gasteiger partial charge in [0.2, 0.25) is 0 Å². The minimum Gasteiger partial charge on any atom is -0.493 e. The number of hydrogen-bond donors (Lipinski definition) is 2. The fraction of sp³-hybridized carbons (Fsp3) is 0.300. The lowest BCUT2D eigenvalue weighted by Gasteiger charge is -2.13. The summed E-state index contributed by atoms with van der Waals surface area (Å²) in [5.74, 6) is 1.36. The molecule has 0 heterocycles. The number of methoxy groups -OCH3 is 1. The van der Waals surface area contributed by atoms with E-state index < -0.39 is 0 Å². The zero-order valence-corrected chi connectivity index (χ0v) is 16.4. The van der Waals surface area contributed by atoms with Crippen LogP contribution in [0.4, 0.5) is 0 Å².